The molecule has 0 fully saturated rings. The van der Waals surface area contributed by atoms with Crippen LogP contribution in [-0.2, 0) is 11.3 Å². The van der Waals surface area contributed by atoms with Crippen LogP contribution in [0.5, 0.6) is 5.75 Å². The molecule has 3 aromatic rings. The standard InChI is InChI=1S/C20H19N3O4/c1-2-26-17-10-9-14(13-21)12-15(17)22-19(24)8-5-11-23-16-6-3-4-7-18(16)27-20(23)25/h3-4,6-7,9-10,12H,2,5,8,11H2,1H3,(H,22,24). The van der Waals surface area contributed by atoms with Gasteiger partial charge in [0.1, 0.15) is 5.75 Å². The first kappa shape index (κ1) is 18.3. The number of amides is 1. The summed E-state index contributed by atoms with van der Waals surface area (Å²) in [6, 6.07) is 14.1. The number of oxazole rings is 1. The summed E-state index contributed by atoms with van der Waals surface area (Å²) in [4.78, 5) is 24.2. The smallest absolute Gasteiger partial charge is 0.419 e. The minimum atomic E-state index is -0.433. The van der Waals surface area contributed by atoms with Crippen molar-refractivity contribution in [3.63, 3.8) is 0 Å². The predicted molar refractivity (Wildman–Crippen MR) is 101 cm³/mol. The molecule has 138 valence electrons. The van der Waals surface area contributed by atoms with Crippen molar-refractivity contribution >= 4 is 22.7 Å². The van der Waals surface area contributed by atoms with Gasteiger partial charge in [-0.3, -0.25) is 9.36 Å². The Hall–Kier alpha value is -3.53. The topological polar surface area (TPSA) is 97.3 Å². The number of para-hydroxylation sites is 2. The molecule has 0 atom stereocenters. The zero-order valence-electron chi connectivity index (χ0n) is 14.9. The van der Waals surface area contributed by atoms with Gasteiger partial charge in [0.15, 0.2) is 5.58 Å². The molecule has 0 aliphatic rings. The van der Waals surface area contributed by atoms with E-state index in [4.69, 9.17) is 14.4 Å². The van der Waals surface area contributed by atoms with E-state index in [2.05, 4.69) is 5.32 Å². The Balaban J connectivity index is 1.64. The third-order valence-electron chi connectivity index (χ3n) is 4.04. The first-order valence-corrected chi connectivity index (χ1v) is 8.67. The molecule has 2 aromatic carbocycles. The van der Waals surface area contributed by atoms with Gasteiger partial charge in [0.2, 0.25) is 5.91 Å². The van der Waals surface area contributed by atoms with Crippen LogP contribution in [0.3, 0.4) is 0 Å². The number of fused-ring (bicyclic) bond motifs is 1. The predicted octanol–water partition coefficient (Wildman–Crippen LogP) is 3.28. The summed E-state index contributed by atoms with van der Waals surface area (Å²) in [5.41, 5.74) is 2.14. The highest BCUT2D eigenvalue weighted by Gasteiger charge is 2.11. The first-order valence-electron chi connectivity index (χ1n) is 8.67. The van der Waals surface area contributed by atoms with Gasteiger partial charge in [0.05, 0.1) is 29.4 Å². The van der Waals surface area contributed by atoms with E-state index in [-0.39, 0.29) is 12.3 Å². The van der Waals surface area contributed by atoms with E-state index in [1.807, 2.05) is 25.1 Å². The van der Waals surface area contributed by atoms with E-state index < -0.39 is 5.76 Å². The van der Waals surface area contributed by atoms with E-state index in [0.29, 0.717) is 47.7 Å². The molecule has 0 radical (unpaired) electrons. The summed E-state index contributed by atoms with van der Waals surface area (Å²) in [7, 11) is 0. The third-order valence-corrected chi connectivity index (χ3v) is 4.04. The Bertz CT molecular complexity index is 1060. The second-order valence-corrected chi connectivity index (χ2v) is 5.89. The van der Waals surface area contributed by atoms with Crippen molar-refractivity contribution in [1.29, 1.82) is 5.26 Å². The largest absolute Gasteiger partial charge is 0.492 e. The van der Waals surface area contributed by atoms with Crippen molar-refractivity contribution in [2.45, 2.75) is 26.3 Å². The Morgan fingerprint density at radius 1 is 1.30 bits per heavy atom. The number of aromatic nitrogens is 1. The van der Waals surface area contributed by atoms with Crippen LogP contribution < -0.4 is 15.8 Å². The van der Waals surface area contributed by atoms with Gasteiger partial charge in [-0.25, -0.2) is 4.79 Å². The molecule has 1 aromatic heterocycles. The summed E-state index contributed by atoms with van der Waals surface area (Å²) in [6.07, 6.45) is 0.686. The maximum atomic E-state index is 12.3. The summed E-state index contributed by atoms with van der Waals surface area (Å²) in [5.74, 6) is -0.134. The van der Waals surface area contributed by atoms with Gasteiger partial charge in [0.25, 0.3) is 0 Å². The number of carbonyl (C=O) groups is 1. The van der Waals surface area contributed by atoms with Crippen molar-refractivity contribution in [3.8, 4) is 11.8 Å². The van der Waals surface area contributed by atoms with E-state index in [0.717, 1.165) is 0 Å². The van der Waals surface area contributed by atoms with E-state index in [9.17, 15) is 9.59 Å². The van der Waals surface area contributed by atoms with Crippen molar-refractivity contribution in [3.05, 3.63) is 58.6 Å². The van der Waals surface area contributed by atoms with Crippen molar-refractivity contribution in [2.75, 3.05) is 11.9 Å². The molecule has 7 heteroatoms. The Morgan fingerprint density at radius 2 is 2.11 bits per heavy atom. The fourth-order valence-corrected chi connectivity index (χ4v) is 2.81. The van der Waals surface area contributed by atoms with Gasteiger partial charge < -0.3 is 14.5 Å². The fraction of sp³-hybridized carbons (Fsp3) is 0.250. The van der Waals surface area contributed by atoms with Crippen LogP contribution in [0.15, 0.2) is 51.7 Å². The van der Waals surface area contributed by atoms with Crippen LogP contribution in [0.1, 0.15) is 25.3 Å². The molecule has 1 amide bonds. The second-order valence-electron chi connectivity index (χ2n) is 5.89. The number of aryl methyl sites for hydroxylation is 1. The average molecular weight is 365 g/mol. The number of nitrogens with one attached hydrogen (secondary N) is 1. The number of rotatable bonds is 7. The van der Waals surface area contributed by atoms with Gasteiger partial charge in [-0.2, -0.15) is 5.26 Å². The molecule has 0 aliphatic carbocycles. The van der Waals surface area contributed by atoms with E-state index >= 15 is 0 Å². The molecule has 1 N–H and O–H groups in total. The van der Waals surface area contributed by atoms with Gasteiger partial charge in [-0.05, 0) is 43.7 Å². The minimum Gasteiger partial charge on any atom is -0.492 e. The van der Waals surface area contributed by atoms with E-state index in [1.165, 1.54) is 4.57 Å². The van der Waals surface area contributed by atoms with Gasteiger partial charge >= 0.3 is 5.76 Å². The monoisotopic (exact) mass is 365 g/mol. The van der Waals surface area contributed by atoms with Crippen LogP contribution in [-0.4, -0.2) is 17.1 Å². The highest BCUT2D eigenvalue weighted by molar-refractivity contribution is 5.92. The highest BCUT2D eigenvalue weighted by atomic mass is 16.5. The van der Waals surface area contributed by atoms with Crippen LogP contribution >= 0.6 is 0 Å². The van der Waals surface area contributed by atoms with Gasteiger partial charge in [0, 0.05) is 13.0 Å². The molecule has 0 unspecified atom stereocenters. The van der Waals surface area contributed by atoms with Crippen molar-refractivity contribution in [2.24, 2.45) is 0 Å². The van der Waals surface area contributed by atoms with E-state index in [1.54, 1.807) is 30.3 Å². The lowest BCUT2D eigenvalue weighted by atomic mass is 10.2. The van der Waals surface area contributed by atoms with Crippen molar-refractivity contribution < 1.29 is 13.9 Å². The average Bonchev–Trinajstić information content (AvgIpc) is 2.99. The normalized spacial score (nSPS) is 10.5. The Labute approximate surface area is 155 Å². The number of ether oxygens (including phenoxy) is 1. The number of nitrogens with zero attached hydrogens (tertiary/aromatic N) is 2. The molecule has 3 rings (SSSR count). The third kappa shape index (κ3) is 4.18. The number of hydrogen-bond acceptors (Lipinski definition) is 5. The number of carbonyl (C=O) groups excluding carboxylic acids is 1. The molecule has 0 bridgehead atoms. The summed E-state index contributed by atoms with van der Waals surface area (Å²) < 4.78 is 12.2. The van der Waals surface area contributed by atoms with Gasteiger partial charge in [-0.1, -0.05) is 12.1 Å². The quantitative estimate of drug-likeness (QED) is 0.693. The van der Waals surface area contributed by atoms with Crippen LogP contribution in [0.4, 0.5) is 5.69 Å². The molecular weight excluding hydrogens is 346 g/mol. The lowest BCUT2D eigenvalue weighted by Crippen LogP contribution is -2.17. The number of nitriles is 1. The van der Waals surface area contributed by atoms with Crippen LogP contribution in [0.2, 0.25) is 0 Å². The molecule has 7 nitrogen and oxygen atoms in total. The zero-order valence-corrected chi connectivity index (χ0v) is 14.9. The maximum Gasteiger partial charge on any atom is 0.419 e. The molecule has 0 spiro atoms. The summed E-state index contributed by atoms with van der Waals surface area (Å²) >= 11 is 0. The van der Waals surface area contributed by atoms with Gasteiger partial charge in [-0.15, -0.1) is 0 Å². The lowest BCUT2D eigenvalue weighted by Gasteiger charge is -2.12. The number of hydrogen-bond donors (Lipinski definition) is 1. The number of anilines is 1. The highest BCUT2D eigenvalue weighted by Crippen LogP contribution is 2.26. The zero-order chi connectivity index (χ0) is 19.2. The second kappa shape index (κ2) is 8.23. The molecule has 0 aliphatic heterocycles. The molecule has 27 heavy (non-hydrogen) atoms. The Kier molecular flexibility index (Phi) is 5.57. The van der Waals surface area contributed by atoms with Crippen LogP contribution in [0, 0.1) is 11.3 Å². The SMILES string of the molecule is CCOc1ccc(C#N)cc1NC(=O)CCCn1c(=O)oc2ccccc21. The summed E-state index contributed by atoms with van der Waals surface area (Å²) in [5, 5.41) is 11.8. The fourth-order valence-electron chi connectivity index (χ4n) is 2.81. The molecule has 1 heterocycles. The lowest BCUT2D eigenvalue weighted by molar-refractivity contribution is -0.116. The van der Waals surface area contributed by atoms with Crippen molar-refractivity contribution in [1.82, 2.24) is 4.57 Å². The Morgan fingerprint density at radius 3 is 2.89 bits per heavy atom. The molecular formula is C20H19N3O4. The number of benzene rings is 2. The first-order chi connectivity index (χ1) is 13.1. The summed E-state index contributed by atoms with van der Waals surface area (Å²) in [6.45, 7) is 2.67. The minimum absolute atomic E-state index is 0.216. The molecule has 0 saturated carbocycles. The maximum absolute atomic E-state index is 12.3. The van der Waals surface area contributed by atoms with Crippen LogP contribution in [0.25, 0.3) is 11.1 Å². The molecule has 0 saturated heterocycles.